The van der Waals surface area contributed by atoms with Gasteiger partial charge >= 0.3 is 43.9 Å². The molecule has 0 atom stereocenters. The van der Waals surface area contributed by atoms with Gasteiger partial charge in [0.05, 0.1) is 0 Å². The maximum atomic E-state index is 8.74. The van der Waals surface area contributed by atoms with E-state index in [-0.39, 0.29) is 32.8 Å². The molecule has 0 spiro atoms. The first kappa shape index (κ1) is 22.5. The van der Waals surface area contributed by atoms with E-state index in [0.717, 1.165) is 0 Å². The fourth-order valence-corrected chi connectivity index (χ4v) is 0. The Kier molecular flexibility index (Phi) is 20.5. The van der Waals surface area contributed by atoms with Crippen molar-refractivity contribution in [2.24, 2.45) is 0 Å². The van der Waals surface area contributed by atoms with Gasteiger partial charge in [-0.15, -0.1) is 0 Å². The summed E-state index contributed by atoms with van der Waals surface area (Å²) in [5.74, 6) is 0. The van der Waals surface area contributed by atoms with Gasteiger partial charge in [0.2, 0.25) is 0 Å². The molecule has 0 fully saturated rings. The number of hydrogen-bond acceptors (Lipinski definition) is 3. The van der Waals surface area contributed by atoms with Crippen molar-refractivity contribution in [1.82, 2.24) is 0 Å². The molecule has 6 N–H and O–H groups in total. The Bertz CT molecular complexity index is 157. The fourth-order valence-electron chi connectivity index (χ4n) is 0. The normalized spacial score (nSPS) is 7.45. The fraction of sp³-hybridized carbons (Fsp3) is 0. The third kappa shape index (κ3) is 1320000. The molecular weight excluding hydrogens is 379 g/mol. The first-order valence-corrected chi connectivity index (χ1v) is 2.75. The van der Waals surface area contributed by atoms with Crippen LogP contribution in [0.15, 0.2) is 0 Å². The van der Waals surface area contributed by atoms with Crippen LogP contribution < -0.4 is 0 Å². The van der Waals surface area contributed by atoms with E-state index in [9.17, 15) is 0 Å². The van der Waals surface area contributed by atoms with Crippen molar-refractivity contribution >= 4 is 43.9 Å². The quantitative estimate of drug-likeness (QED) is 0.271. The van der Waals surface area contributed by atoms with Gasteiger partial charge in [0, 0.05) is 0 Å². The van der Waals surface area contributed by atoms with Crippen LogP contribution in [0.3, 0.4) is 0 Å². The Hall–Kier alpha value is 0.0221. The molecule has 11 heavy (non-hydrogen) atoms. The molecule has 0 aromatic rings. The molecule has 0 aromatic carbocycles. The Morgan fingerprint density at radius 3 is 1.09 bits per heavy atom. The summed E-state index contributed by atoms with van der Waals surface area (Å²) in [6.07, 6.45) is -1.83. The maximum absolute atomic E-state index is 8.74. The van der Waals surface area contributed by atoms with Crippen molar-refractivity contribution < 1.29 is 38.0 Å². The van der Waals surface area contributed by atoms with E-state index in [1.807, 2.05) is 0 Å². The molecule has 8 nitrogen and oxygen atoms in total. The molecule has 0 aliphatic rings. The number of rotatable bonds is 0. The van der Waals surface area contributed by atoms with Crippen molar-refractivity contribution in [3.05, 3.63) is 0 Å². The van der Waals surface area contributed by atoms with E-state index < -0.39 is 16.6 Å². The van der Waals surface area contributed by atoms with E-state index in [1.54, 1.807) is 0 Å². The summed E-state index contributed by atoms with van der Waals surface area (Å²) in [7, 11) is -4.67. The molecule has 0 unspecified atom stereocenters. The zero-order chi connectivity index (χ0) is 8.08. The van der Waals surface area contributed by atoms with E-state index in [0.29, 0.717) is 0 Å². The Morgan fingerprint density at radius 2 is 1.09 bits per heavy atom. The zero-order valence-electron chi connectivity index (χ0n) is 5.13. The second-order valence-electron chi connectivity index (χ2n) is 0.730. The molecule has 0 aliphatic carbocycles. The van der Waals surface area contributed by atoms with Crippen molar-refractivity contribution in [3.8, 4) is 0 Å². The van der Waals surface area contributed by atoms with E-state index in [4.69, 9.17) is 32.5 Å². The summed E-state index contributed by atoms with van der Waals surface area (Å²) >= 11 is 0. The average molecular weight is 387 g/mol. The van der Waals surface area contributed by atoms with E-state index >= 15 is 0 Å². The topological polar surface area (TPSA) is 164 Å². The summed E-state index contributed by atoms with van der Waals surface area (Å²) in [5, 5.41) is 13.9. The monoisotopic (exact) mass is 388 g/mol. The predicted molar refractivity (Wildman–Crippen MR) is 37.0 cm³/mol. The molecule has 0 heterocycles. The van der Waals surface area contributed by atoms with Crippen LogP contribution in [0.5, 0.6) is 0 Å². The molecule has 0 amide bonds. The van der Waals surface area contributed by atoms with Crippen LogP contribution in [-0.2, 0) is 10.4 Å². The molecular formula is CH8O8PbS. The van der Waals surface area contributed by atoms with Crippen molar-refractivity contribution in [3.63, 3.8) is 0 Å². The Balaban J connectivity index is -0.0000000383. The minimum absolute atomic E-state index is 0. The Morgan fingerprint density at radius 1 is 1.09 bits per heavy atom. The molecule has 0 bridgehead atoms. The number of carbonyl (C=O) groups is 1. The van der Waals surface area contributed by atoms with Gasteiger partial charge in [-0.05, 0) is 0 Å². The summed E-state index contributed by atoms with van der Waals surface area (Å²) in [4.78, 5) is 8.56. The summed E-state index contributed by atoms with van der Waals surface area (Å²) in [5.41, 5.74) is 0. The van der Waals surface area contributed by atoms with Crippen LogP contribution in [0.4, 0.5) is 4.79 Å². The minimum atomic E-state index is -4.67. The van der Waals surface area contributed by atoms with Gasteiger partial charge in [0.25, 0.3) is 0 Å². The standard InChI is InChI=1S/CH2O3.H2O4S.H2O.Pb.2H/c2-1(3)4;1-5(2,3)4;;;;/h(H2,2,3,4);(H2,1,2,3,4);1H2;;;. The molecule has 0 aromatic heterocycles. The van der Waals surface area contributed by atoms with Crippen molar-refractivity contribution in [2.45, 2.75) is 0 Å². The van der Waals surface area contributed by atoms with Gasteiger partial charge < -0.3 is 15.7 Å². The third-order valence-corrected chi connectivity index (χ3v) is 0. The van der Waals surface area contributed by atoms with Crippen LogP contribution in [0.2, 0.25) is 0 Å². The predicted octanol–water partition coefficient (Wildman–Crippen LogP) is -2.17. The first-order chi connectivity index (χ1) is 3.73. The Labute approximate surface area is 81.9 Å². The van der Waals surface area contributed by atoms with Gasteiger partial charge in [-0.1, -0.05) is 0 Å². The number of carboxylic acid groups (broad SMARTS) is 2. The van der Waals surface area contributed by atoms with Crippen molar-refractivity contribution in [1.29, 1.82) is 0 Å². The third-order valence-electron chi connectivity index (χ3n) is 0. The second kappa shape index (κ2) is 10.0. The van der Waals surface area contributed by atoms with E-state index in [2.05, 4.69) is 0 Å². The molecule has 2 radical (unpaired) electrons. The van der Waals surface area contributed by atoms with Crippen LogP contribution >= 0.6 is 0 Å². The van der Waals surface area contributed by atoms with Crippen molar-refractivity contribution in [2.75, 3.05) is 0 Å². The van der Waals surface area contributed by atoms with Crippen LogP contribution in [0.25, 0.3) is 0 Å². The van der Waals surface area contributed by atoms with Gasteiger partial charge in [-0.2, -0.15) is 8.42 Å². The molecule has 10 heteroatoms. The molecule has 0 saturated heterocycles. The van der Waals surface area contributed by atoms with Crippen LogP contribution in [-0.4, -0.2) is 66.7 Å². The molecule has 0 rings (SSSR count). The second-order valence-corrected chi connectivity index (χ2v) is 1.63. The molecule has 0 saturated carbocycles. The van der Waals surface area contributed by atoms with Crippen LogP contribution in [0.1, 0.15) is 0 Å². The van der Waals surface area contributed by atoms with Gasteiger partial charge in [0.1, 0.15) is 0 Å². The van der Waals surface area contributed by atoms with Gasteiger partial charge in [-0.3, -0.25) is 9.11 Å². The summed E-state index contributed by atoms with van der Waals surface area (Å²) in [6, 6.07) is 0. The first-order valence-electron chi connectivity index (χ1n) is 1.35. The molecule has 0 aliphatic heterocycles. The van der Waals surface area contributed by atoms with Crippen LogP contribution in [0, 0.1) is 0 Å². The zero-order valence-corrected chi connectivity index (χ0v) is 11.4. The van der Waals surface area contributed by atoms with Gasteiger partial charge in [0.15, 0.2) is 0 Å². The number of hydrogen-bond donors (Lipinski definition) is 4. The van der Waals surface area contributed by atoms with E-state index in [1.165, 1.54) is 0 Å². The van der Waals surface area contributed by atoms with Gasteiger partial charge in [-0.25, -0.2) is 4.79 Å². The molecule has 70 valence electrons. The SMILES string of the molecule is O.O=C(O)O.O=S(=O)(O)O.[PbH2]. The average Bonchev–Trinajstić information content (AvgIpc) is 1.19. The summed E-state index contributed by atoms with van der Waals surface area (Å²) in [6.45, 7) is 0. The summed E-state index contributed by atoms with van der Waals surface area (Å²) < 4.78 is 31.6.